The average Bonchev–Trinajstić information content (AvgIpc) is 2.87. The number of fused-ring (bicyclic) bond motifs is 2. The summed E-state index contributed by atoms with van der Waals surface area (Å²) in [6.07, 6.45) is 10.8. The fourth-order valence-electron chi connectivity index (χ4n) is 4.95. The van der Waals surface area contributed by atoms with Gasteiger partial charge in [0.1, 0.15) is 0 Å². The van der Waals surface area contributed by atoms with Crippen molar-refractivity contribution < 1.29 is 4.79 Å². The van der Waals surface area contributed by atoms with Crippen molar-refractivity contribution in [2.45, 2.75) is 64.1 Å². The first-order valence-electron chi connectivity index (χ1n) is 9.64. The zero-order chi connectivity index (χ0) is 16.5. The molecule has 2 unspecified atom stereocenters. The minimum absolute atomic E-state index is 0.300. The second kappa shape index (κ2) is 6.83. The fourth-order valence-corrected chi connectivity index (χ4v) is 4.95. The lowest BCUT2D eigenvalue weighted by Crippen LogP contribution is -2.56. The quantitative estimate of drug-likeness (QED) is 0.856. The molecule has 2 aliphatic heterocycles. The summed E-state index contributed by atoms with van der Waals surface area (Å²) in [5, 5.41) is 0. The van der Waals surface area contributed by atoms with E-state index in [4.69, 9.17) is 0 Å². The SMILES string of the molecule is CC1CCC(C(=O)N2C3CCC2CN(Cc2cccnc2)C3)CC1. The van der Waals surface area contributed by atoms with E-state index < -0.39 is 0 Å². The molecule has 1 aromatic rings. The lowest BCUT2D eigenvalue weighted by molar-refractivity contribution is -0.142. The van der Waals surface area contributed by atoms with Crippen LogP contribution in [0.1, 0.15) is 51.0 Å². The summed E-state index contributed by atoms with van der Waals surface area (Å²) in [5.41, 5.74) is 1.28. The van der Waals surface area contributed by atoms with E-state index in [0.29, 0.717) is 23.9 Å². The van der Waals surface area contributed by atoms with Crippen LogP contribution in [-0.4, -0.2) is 45.9 Å². The molecule has 0 spiro atoms. The van der Waals surface area contributed by atoms with Gasteiger partial charge in [-0.05, 0) is 56.1 Å². The zero-order valence-electron chi connectivity index (χ0n) is 14.7. The van der Waals surface area contributed by atoms with E-state index in [1.54, 1.807) is 0 Å². The Morgan fingerprint density at radius 2 is 1.83 bits per heavy atom. The highest BCUT2D eigenvalue weighted by Gasteiger charge is 2.44. The Hall–Kier alpha value is -1.42. The van der Waals surface area contributed by atoms with Crippen LogP contribution in [0, 0.1) is 11.8 Å². The minimum Gasteiger partial charge on any atom is -0.334 e. The van der Waals surface area contributed by atoms with E-state index in [0.717, 1.165) is 38.4 Å². The first kappa shape index (κ1) is 16.1. The smallest absolute Gasteiger partial charge is 0.226 e. The van der Waals surface area contributed by atoms with E-state index in [9.17, 15) is 4.79 Å². The van der Waals surface area contributed by atoms with Crippen LogP contribution in [-0.2, 0) is 11.3 Å². The highest BCUT2D eigenvalue weighted by Crippen LogP contribution is 2.36. The van der Waals surface area contributed by atoms with Gasteiger partial charge >= 0.3 is 0 Å². The lowest BCUT2D eigenvalue weighted by Gasteiger charge is -2.43. The van der Waals surface area contributed by atoms with Gasteiger partial charge in [-0.25, -0.2) is 0 Å². The summed E-state index contributed by atoms with van der Waals surface area (Å²) < 4.78 is 0. The number of hydrogen-bond acceptors (Lipinski definition) is 3. The van der Waals surface area contributed by atoms with E-state index in [1.807, 2.05) is 18.5 Å². The van der Waals surface area contributed by atoms with Gasteiger partial charge in [0, 0.05) is 50.0 Å². The topological polar surface area (TPSA) is 36.4 Å². The van der Waals surface area contributed by atoms with Crippen LogP contribution < -0.4 is 0 Å². The predicted molar refractivity (Wildman–Crippen MR) is 94.3 cm³/mol. The van der Waals surface area contributed by atoms with Crippen molar-refractivity contribution in [3.05, 3.63) is 30.1 Å². The van der Waals surface area contributed by atoms with Crippen molar-refractivity contribution in [3.63, 3.8) is 0 Å². The molecule has 2 atom stereocenters. The largest absolute Gasteiger partial charge is 0.334 e. The summed E-state index contributed by atoms with van der Waals surface area (Å²) in [5.74, 6) is 1.58. The number of carbonyl (C=O) groups excluding carboxylic acids is 1. The van der Waals surface area contributed by atoms with Gasteiger partial charge in [-0.1, -0.05) is 13.0 Å². The number of hydrogen-bond donors (Lipinski definition) is 0. The number of aromatic nitrogens is 1. The standard InChI is InChI=1S/C20H29N3O/c1-15-4-6-17(7-5-15)20(24)23-18-8-9-19(23)14-22(13-18)12-16-3-2-10-21-11-16/h2-3,10-11,15,17-19H,4-9,12-14H2,1H3. The number of rotatable bonds is 3. The van der Waals surface area contributed by atoms with Crippen molar-refractivity contribution in [3.8, 4) is 0 Å². The maximum Gasteiger partial charge on any atom is 0.226 e. The second-order valence-corrected chi connectivity index (χ2v) is 8.14. The van der Waals surface area contributed by atoms with Crippen LogP contribution in [0.3, 0.4) is 0 Å². The van der Waals surface area contributed by atoms with Gasteiger partial charge in [0.2, 0.25) is 5.91 Å². The summed E-state index contributed by atoms with van der Waals surface area (Å²) >= 11 is 0. The molecule has 130 valence electrons. The Balaban J connectivity index is 1.39. The van der Waals surface area contributed by atoms with E-state index >= 15 is 0 Å². The molecule has 0 aromatic carbocycles. The molecule has 1 amide bonds. The van der Waals surface area contributed by atoms with Gasteiger partial charge < -0.3 is 4.90 Å². The van der Waals surface area contributed by atoms with Crippen LogP contribution in [0.2, 0.25) is 0 Å². The average molecular weight is 327 g/mol. The van der Waals surface area contributed by atoms with Crippen LogP contribution in [0.25, 0.3) is 0 Å². The Bertz CT molecular complexity index is 554. The van der Waals surface area contributed by atoms with Crippen molar-refractivity contribution in [1.82, 2.24) is 14.8 Å². The van der Waals surface area contributed by atoms with E-state index in [-0.39, 0.29) is 0 Å². The zero-order valence-corrected chi connectivity index (χ0v) is 14.7. The van der Waals surface area contributed by atoms with Gasteiger partial charge in [-0.15, -0.1) is 0 Å². The molecule has 4 rings (SSSR count). The Labute approximate surface area is 145 Å². The molecule has 0 N–H and O–H groups in total. The third-order valence-corrected chi connectivity index (χ3v) is 6.31. The highest BCUT2D eigenvalue weighted by atomic mass is 16.2. The number of pyridine rings is 1. The molecule has 1 aliphatic carbocycles. The lowest BCUT2D eigenvalue weighted by atomic mass is 9.82. The van der Waals surface area contributed by atoms with Crippen molar-refractivity contribution in [2.75, 3.05) is 13.1 Å². The number of carbonyl (C=O) groups is 1. The Morgan fingerprint density at radius 1 is 1.12 bits per heavy atom. The van der Waals surface area contributed by atoms with Gasteiger partial charge in [-0.2, -0.15) is 0 Å². The van der Waals surface area contributed by atoms with Gasteiger partial charge in [0.05, 0.1) is 0 Å². The monoisotopic (exact) mass is 327 g/mol. The maximum atomic E-state index is 13.1. The molecule has 1 aromatic heterocycles. The van der Waals surface area contributed by atoms with Crippen molar-refractivity contribution in [1.29, 1.82) is 0 Å². The number of nitrogens with zero attached hydrogens (tertiary/aromatic N) is 3. The molecule has 3 aliphatic rings. The number of piperazine rings is 1. The van der Waals surface area contributed by atoms with Gasteiger partial charge in [0.25, 0.3) is 0 Å². The molecular weight excluding hydrogens is 298 g/mol. The van der Waals surface area contributed by atoms with Crippen LogP contribution >= 0.6 is 0 Å². The summed E-state index contributed by atoms with van der Waals surface area (Å²) in [4.78, 5) is 22.1. The molecule has 3 fully saturated rings. The highest BCUT2D eigenvalue weighted by molar-refractivity contribution is 5.80. The molecule has 0 radical (unpaired) electrons. The molecule has 4 nitrogen and oxygen atoms in total. The number of likely N-dealkylation sites (tertiary alicyclic amines) is 1. The first-order chi connectivity index (χ1) is 11.7. The molecular formula is C20H29N3O. The third-order valence-electron chi connectivity index (χ3n) is 6.31. The second-order valence-electron chi connectivity index (χ2n) is 8.14. The molecule has 2 saturated heterocycles. The third kappa shape index (κ3) is 3.21. The molecule has 1 saturated carbocycles. The summed E-state index contributed by atoms with van der Waals surface area (Å²) in [7, 11) is 0. The van der Waals surface area contributed by atoms with Crippen LogP contribution in [0.5, 0.6) is 0 Å². The minimum atomic E-state index is 0.300. The Kier molecular flexibility index (Phi) is 4.57. The Morgan fingerprint density at radius 3 is 2.46 bits per heavy atom. The maximum absolute atomic E-state index is 13.1. The molecule has 2 bridgehead atoms. The van der Waals surface area contributed by atoms with Crippen LogP contribution in [0.15, 0.2) is 24.5 Å². The fraction of sp³-hybridized carbons (Fsp3) is 0.700. The predicted octanol–water partition coefficient (Wildman–Crippen LogP) is 3.08. The summed E-state index contributed by atoms with van der Waals surface area (Å²) in [6, 6.07) is 5.03. The van der Waals surface area contributed by atoms with Crippen molar-refractivity contribution in [2.24, 2.45) is 11.8 Å². The van der Waals surface area contributed by atoms with Gasteiger partial charge in [-0.3, -0.25) is 14.7 Å². The normalized spacial score (nSPS) is 33.6. The van der Waals surface area contributed by atoms with E-state index in [2.05, 4.69) is 27.8 Å². The van der Waals surface area contributed by atoms with Crippen molar-refractivity contribution >= 4 is 5.91 Å². The summed E-state index contributed by atoms with van der Waals surface area (Å²) in [6.45, 7) is 5.34. The first-order valence-corrected chi connectivity index (χ1v) is 9.64. The molecule has 24 heavy (non-hydrogen) atoms. The van der Waals surface area contributed by atoms with E-state index in [1.165, 1.54) is 31.2 Å². The molecule has 3 heterocycles. The van der Waals surface area contributed by atoms with Gasteiger partial charge in [0.15, 0.2) is 0 Å². The number of amides is 1. The molecule has 4 heteroatoms. The van der Waals surface area contributed by atoms with Crippen LogP contribution in [0.4, 0.5) is 0 Å².